The van der Waals surface area contributed by atoms with Crippen molar-refractivity contribution >= 4 is 22.4 Å². The summed E-state index contributed by atoms with van der Waals surface area (Å²) in [4.78, 5) is 15.7. The number of nitrogens with one attached hydrogen (secondary N) is 1. The molecule has 0 saturated carbocycles. The summed E-state index contributed by atoms with van der Waals surface area (Å²) in [7, 11) is 0. The van der Waals surface area contributed by atoms with Gasteiger partial charge in [0.05, 0.1) is 0 Å². The van der Waals surface area contributed by atoms with Crippen LogP contribution in [0.4, 0.5) is 5.13 Å². The van der Waals surface area contributed by atoms with Crippen LogP contribution >= 0.6 is 11.3 Å². The second-order valence-corrected chi connectivity index (χ2v) is 4.86. The van der Waals surface area contributed by atoms with E-state index in [0.717, 1.165) is 24.3 Å². The first kappa shape index (κ1) is 12.6. The summed E-state index contributed by atoms with van der Waals surface area (Å²) in [6, 6.07) is 3.32. The fourth-order valence-corrected chi connectivity index (χ4v) is 2.18. The summed E-state index contributed by atoms with van der Waals surface area (Å²) in [5, 5.41) is 12.2. The van der Waals surface area contributed by atoms with Gasteiger partial charge in [0, 0.05) is 24.4 Å². The summed E-state index contributed by atoms with van der Waals surface area (Å²) >= 11 is 1.43. The maximum atomic E-state index is 11.8. The number of hydrogen-bond donors (Lipinski definition) is 1. The van der Waals surface area contributed by atoms with E-state index in [1.165, 1.54) is 11.3 Å². The highest BCUT2D eigenvalue weighted by atomic mass is 32.1. The van der Waals surface area contributed by atoms with Gasteiger partial charge in [0.15, 0.2) is 0 Å². The molecule has 1 amide bonds. The minimum Gasteiger partial charge on any atom is -0.296 e. The van der Waals surface area contributed by atoms with E-state index < -0.39 is 0 Å². The van der Waals surface area contributed by atoms with Crippen LogP contribution in [0.1, 0.15) is 35.1 Å². The fraction of sp³-hybridized carbons (Fsp3) is 0.333. The third-order valence-electron chi connectivity index (χ3n) is 2.37. The van der Waals surface area contributed by atoms with E-state index >= 15 is 0 Å². The van der Waals surface area contributed by atoms with Crippen molar-refractivity contribution in [2.75, 3.05) is 5.32 Å². The first-order chi connectivity index (χ1) is 8.79. The van der Waals surface area contributed by atoms with Crippen molar-refractivity contribution in [2.45, 2.75) is 26.2 Å². The van der Waals surface area contributed by atoms with Crippen molar-refractivity contribution in [3.63, 3.8) is 0 Å². The van der Waals surface area contributed by atoms with Gasteiger partial charge in [-0.05, 0) is 18.6 Å². The van der Waals surface area contributed by atoms with Crippen LogP contribution in [0.25, 0.3) is 0 Å². The van der Waals surface area contributed by atoms with E-state index in [2.05, 4.69) is 27.4 Å². The number of unbranched alkanes of at least 4 members (excludes halogenated alkanes) is 1. The molecule has 0 fully saturated rings. The second kappa shape index (κ2) is 6.20. The van der Waals surface area contributed by atoms with Crippen molar-refractivity contribution in [3.8, 4) is 0 Å². The molecular formula is C12H14N4OS. The van der Waals surface area contributed by atoms with E-state index in [9.17, 15) is 4.79 Å². The molecule has 0 aliphatic heterocycles. The number of carbonyl (C=O) groups excluding carboxylic acids is 1. The Hall–Kier alpha value is -1.82. The third-order valence-corrected chi connectivity index (χ3v) is 3.27. The van der Waals surface area contributed by atoms with Crippen LogP contribution in [0.2, 0.25) is 0 Å². The van der Waals surface area contributed by atoms with Crippen LogP contribution in [0.3, 0.4) is 0 Å². The number of carbonyl (C=O) groups is 1. The lowest BCUT2D eigenvalue weighted by Gasteiger charge is -1.99. The lowest BCUT2D eigenvalue weighted by molar-refractivity contribution is 0.102. The molecule has 0 aliphatic rings. The smallest absolute Gasteiger partial charge is 0.257 e. The summed E-state index contributed by atoms with van der Waals surface area (Å²) in [6.45, 7) is 2.13. The summed E-state index contributed by atoms with van der Waals surface area (Å²) in [6.07, 6.45) is 6.30. The Morgan fingerprint density at radius 1 is 1.33 bits per heavy atom. The van der Waals surface area contributed by atoms with Crippen LogP contribution < -0.4 is 5.32 Å². The molecule has 0 saturated heterocycles. The van der Waals surface area contributed by atoms with E-state index in [-0.39, 0.29) is 5.91 Å². The van der Waals surface area contributed by atoms with Crippen molar-refractivity contribution in [1.29, 1.82) is 0 Å². The zero-order chi connectivity index (χ0) is 12.8. The Kier molecular flexibility index (Phi) is 4.35. The third kappa shape index (κ3) is 3.33. The van der Waals surface area contributed by atoms with Crippen LogP contribution in [0, 0.1) is 0 Å². The molecule has 0 unspecified atom stereocenters. The first-order valence-electron chi connectivity index (χ1n) is 5.83. The monoisotopic (exact) mass is 262 g/mol. The Bertz CT molecular complexity index is 512. The normalized spacial score (nSPS) is 10.3. The standard InChI is InChI=1S/C12H14N4OS/c1-2-3-4-10-15-16-12(18-10)14-11(17)9-5-7-13-8-6-9/h5-8H,2-4H2,1H3,(H,14,16,17). The van der Waals surface area contributed by atoms with Gasteiger partial charge in [0.2, 0.25) is 5.13 Å². The van der Waals surface area contributed by atoms with Crippen molar-refractivity contribution < 1.29 is 4.79 Å². The summed E-state index contributed by atoms with van der Waals surface area (Å²) in [5.74, 6) is -0.185. The SMILES string of the molecule is CCCCc1nnc(NC(=O)c2ccncc2)s1. The van der Waals surface area contributed by atoms with Crippen molar-refractivity contribution in [1.82, 2.24) is 15.2 Å². The average molecular weight is 262 g/mol. The predicted octanol–water partition coefficient (Wildman–Crippen LogP) is 2.53. The Morgan fingerprint density at radius 2 is 2.11 bits per heavy atom. The van der Waals surface area contributed by atoms with Gasteiger partial charge in [0.1, 0.15) is 5.01 Å². The fourth-order valence-electron chi connectivity index (χ4n) is 1.41. The lowest BCUT2D eigenvalue weighted by Crippen LogP contribution is -2.11. The zero-order valence-electron chi connectivity index (χ0n) is 10.1. The maximum Gasteiger partial charge on any atom is 0.257 e. The number of pyridine rings is 1. The van der Waals surface area contributed by atoms with Crippen LogP contribution in [-0.4, -0.2) is 21.1 Å². The van der Waals surface area contributed by atoms with E-state index in [4.69, 9.17) is 0 Å². The number of hydrogen-bond acceptors (Lipinski definition) is 5. The molecule has 2 heterocycles. The zero-order valence-corrected chi connectivity index (χ0v) is 10.9. The van der Waals surface area contributed by atoms with Gasteiger partial charge < -0.3 is 0 Å². The Morgan fingerprint density at radius 3 is 2.83 bits per heavy atom. The molecule has 94 valence electrons. The van der Waals surface area contributed by atoms with Crippen molar-refractivity contribution in [3.05, 3.63) is 35.1 Å². The minimum absolute atomic E-state index is 0.185. The average Bonchev–Trinajstić information content (AvgIpc) is 2.85. The molecule has 2 aromatic rings. The molecule has 5 nitrogen and oxygen atoms in total. The van der Waals surface area contributed by atoms with Gasteiger partial charge in [-0.25, -0.2) is 0 Å². The molecule has 0 spiro atoms. The first-order valence-corrected chi connectivity index (χ1v) is 6.65. The van der Waals surface area contributed by atoms with Gasteiger partial charge in [-0.3, -0.25) is 15.1 Å². The number of rotatable bonds is 5. The molecule has 0 atom stereocenters. The maximum absolute atomic E-state index is 11.8. The number of aryl methyl sites for hydroxylation is 1. The van der Waals surface area contributed by atoms with E-state index in [1.807, 2.05) is 0 Å². The van der Waals surface area contributed by atoms with Gasteiger partial charge >= 0.3 is 0 Å². The highest BCUT2D eigenvalue weighted by molar-refractivity contribution is 7.15. The van der Waals surface area contributed by atoms with Crippen LogP contribution in [0.15, 0.2) is 24.5 Å². The lowest BCUT2D eigenvalue weighted by atomic mass is 10.2. The van der Waals surface area contributed by atoms with Crippen LogP contribution in [0.5, 0.6) is 0 Å². The molecule has 0 aliphatic carbocycles. The molecule has 18 heavy (non-hydrogen) atoms. The van der Waals surface area contributed by atoms with Crippen molar-refractivity contribution in [2.24, 2.45) is 0 Å². The Labute approximate surface area is 109 Å². The van der Waals surface area contributed by atoms with E-state index in [1.54, 1.807) is 24.5 Å². The molecule has 2 aromatic heterocycles. The van der Waals surface area contributed by atoms with Gasteiger partial charge in [-0.2, -0.15) is 0 Å². The highest BCUT2D eigenvalue weighted by Gasteiger charge is 2.09. The second-order valence-electron chi connectivity index (χ2n) is 3.79. The molecule has 6 heteroatoms. The van der Waals surface area contributed by atoms with Gasteiger partial charge in [-0.15, -0.1) is 10.2 Å². The minimum atomic E-state index is -0.185. The largest absolute Gasteiger partial charge is 0.296 e. The highest BCUT2D eigenvalue weighted by Crippen LogP contribution is 2.17. The number of amides is 1. The van der Waals surface area contributed by atoms with Crippen LogP contribution in [-0.2, 0) is 6.42 Å². The number of aromatic nitrogens is 3. The number of nitrogens with zero attached hydrogens (tertiary/aromatic N) is 3. The molecule has 0 aromatic carbocycles. The summed E-state index contributed by atoms with van der Waals surface area (Å²) in [5.41, 5.74) is 0.565. The van der Waals surface area contributed by atoms with Gasteiger partial charge in [-0.1, -0.05) is 24.7 Å². The summed E-state index contributed by atoms with van der Waals surface area (Å²) < 4.78 is 0. The Balaban J connectivity index is 1.97. The predicted molar refractivity (Wildman–Crippen MR) is 70.7 cm³/mol. The molecule has 0 bridgehead atoms. The van der Waals surface area contributed by atoms with Gasteiger partial charge in [0.25, 0.3) is 5.91 Å². The molecule has 0 radical (unpaired) electrons. The molecular weight excluding hydrogens is 248 g/mol. The topological polar surface area (TPSA) is 67.8 Å². The quantitative estimate of drug-likeness (QED) is 0.899. The van der Waals surface area contributed by atoms with E-state index in [0.29, 0.717) is 10.7 Å². The number of anilines is 1. The molecule has 2 rings (SSSR count). The molecule has 1 N–H and O–H groups in total.